The molecule has 92 valence electrons. The van der Waals surface area contributed by atoms with E-state index in [0.717, 1.165) is 22.1 Å². The van der Waals surface area contributed by atoms with Gasteiger partial charge in [0.05, 0.1) is 11.0 Å². The van der Waals surface area contributed by atoms with Crippen LogP contribution in [0.4, 0.5) is 0 Å². The van der Waals surface area contributed by atoms with Gasteiger partial charge in [-0.05, 0) is 18.6 Å². The van der Waals surface area contributed by atoms with Crippen LogP contribution in [-0.2, 0) is 4.79 Å². The second-order valence-corrected chi connectivity index (χ2v) is 5.22. The minimum Gasteiger partial charge on any atom is -0.550 e. The van der Waals surface area contributed by atoms with Gasteiger partial charge in [-0.3, -0.25) is 4.37 Å². The normalized spacial score (nSPS) is 11.3. The van der Waals surface area contributed by atoms with E-state index in [1.54, 1.807) is 0 Å². The number of nitrogens with zero attached hydrogens (tertiary/aromatic N) is 3. The van der Waals surface area contributed by atoms with E-state index in [1.165, 1.54) is 23.5 Å². The molecule has 18 heavy (non-hydrogen) atoms. The first-order valence-corrected chi connectivity index (χ1v) is 6.93. The van der Waals surface area contributed by atoms with Gasteiger partial charge in [0, 0.05) is 23.5 Å². The zero-order valence-electron chi connectivity index (χ0n) is 9.04. The van der Waals surface area contributed by atoms with Gasteiger partial charge >= 0.3 is 0 Å². The number of carbonyl (C=O) groups is 1. The SMILES string of the molecule is O=C([O-])CCSc1nc2ccc3[nH]snc3c2n1. The molecule has 0 saturated carbocycles. The first kappa shape index (κ1) is 11.4. The third kappa shape index (κ3) is 2.04. The van der Waals surface area contributed by atoms with E-state index in [2.05, 4.69) is 18.7 Å². The van der Waals surface area contributed by atoms with E-state index >= 15 is 0 Å². The largest absolute Gasteiger partial charge is 0.550 e. The topological polar surface area (TPSA) is 94.6 Å². The zero-order valence-corrected chi connectivity index (χ0v) is 10.7. The summed E-state index contributed by atoms with van der Waals surface area (Å²) in [6.45, 7) is 0. The number of hydrogen-bond donors (Lipinski definition) is 1. The fourth-order valence-corrected chi connectivity index (χ4v) is 2.93. The monoisotopic (exact) mass is 279 g/mol. The number of imidazole rings is 1. The predicted octanol–water partition coefficient (Wildman–Crippen LogP) is 0.800. The molecule has 1 N–H and O–H groups in total. The second-order valence-electron chi connectivity index (χ2n) is 3.59. The lowest BCUT2D eigenvalue weighted by Crippen LogP contribution is -2.22. The van der Waals surface area contributed by atoms with Crippen LogP contribution < -0.4 is 5.11 Å². The van der Waals surface area contributed by atoms with Gasteiger partial charge in [-0.25, -0.2) is 9.97 Å². The Morgan fingerprint density at radius 3 is 3.11 bits per heavy atom. The molecule has 0 radical (unpaired) electrons. The van der Waals surface area contributed by atoms with Crippen molar-refractivity contribution in [3.05, 3.63) is 12.1 Å². The lowest BCUT2D eigenvalue weighted by Gasteiger charge is -1.97. The first-order chi connectivity index (χ1) is 8.74. The lowest BCUT2D eigenvalue weighted by molar-refractivity contribution is -0.305. The molecule has 6 nitrogen and oxygen atoms in total. The number of carbonyl (C=O) groups excluding carboxylic acids is 1. The average Bonchev–Trinajstić information content (AvgIpc) is 2.92. The number of fused-ring (bicyclic) bond motifs is 3. The summed E-state index contributed by atoms with van der Waals surface area (Å²) >= 11 is 2.57. The van der Waals surface area contributed by atoms with E-state index in [1.807, 2.05) is 12.1 Å². The van der Waals surface area contributed by atoms with Gasteiger partial charge in [-0.2, -0.15) is 4.37 Å². The molecular weight excluding hydrogens is 272 g/mol. The number of rotatable bonds is 4. The minimum absolute atomic E-state index is 0.00452. The van der Waals surface area contributed by atoms with Gasteiger partial charge in [0.2, 0.25) is 0 Å². The molecular formula is C10H7N4O2S2-. The molecule has 2 aromatic heterocycles. The molecule has 0 amide bonds. The number of H-pyrrole nitrogens is 1. The standard InChI is InChI=1S/C10H8N4O2S2/c15-7(16)3-4-17-10-11-5-1-2-6-9(8(5)12-10)14-18-13-6/h1-2,13H,3-4H2,(H,15,16)/p-1. The van der Waals surface area contributed by atoms with Gasteiger partial charge in [0.1, 0.15) is 11.0 Å². The molecule has 1 aromatic carbocycles. The van der Waals surface area contributed by atoms with Crippen LogP contribution in [0.3, 0.4) is 0 Å². The minimum atomic E-state index is -1.06. The lowest BCUT2D eigenvalue weighted by atomic mass is 10.3. The van der Waals surface area contributed by atoms with Gasteiger partial charge in [-0.1, -0.05) is 11.8 Å². The number of aromatic amines is 1. The summed E-state index contributed by atoms with van der Waals surface area (Å²) in [6, 6.07) is 3.78. The Kier molecular flexibility index (Phi) is 2.88. The average molecular weight is 279 g/mol. The molecule has 0 bridgehead atoms. The molecule has 0 aliphatic heterocycles. The molecule has 0 spiro atoms. The van der Waals surface area contributed by atoms with E-state index in [4.69, 9.17) is 0 Å². The van der Waals surface area contributed by atoms with E-state index in [0.29, 0.717) is 10.9 Å². The summed E-state index contributed by atoms with van der Waals surface area (Å²) < 4.78 is 7.29. The first-order valence-electron chi connectivity index (χ1n) is 5.17. The van der Waals surface area contributed by atoms with Crippen LogP contribution in [0.5, 0.6) is 0 Å². The fraction of sp³-hybridized carbons (Fsp3) is 0.200. The van der Waals surface area contributed by atoms with Gasteiger partial charge < -0.3 is 9.90 Å². The van der Waals surface area contributed by atoms with Crippen molar-refractivity contribution >= 4 is 51.5 Å². The number of nitrogens with one attached hydrogen (secondary N) is 1. The number of hydrogen-bond acceptors (Lipinski definition) is 7. The molecule has 0 unspecified atom stereocenters. The fourth-order valence-electron chi connectivity index (χ4n) is 1.58. The van der Waals surface area contributed by atoms with Crippen molar-refractivity contribution in [3.63, 3.8) is 0 Å². The molecule has 0 aliphatic carbocycles. The number of carboxylic acids is 1. The Hall–Kier alpha value is -1.67. The maximum absolute atomic E-state index is 10.3. The number of carboxylic acid groups (broad SMARTS) is 1. The Morgan fingerprint density at radius 2 is 2.28 bits per heavy atom. The van der Waals surface area contributed by atoms with Crippen LogP contribution in [0.15, 0.2) is 17.3 Å². The van der Waals surface area contributed by atoms with E-state index in [9.17, 15) is 9.90 Å². The van der Waals surface area contributed by atoms with Crippen LogP contribution in [0.25, 0.3) is 22.1 Å². The summed E-state index contributed by atoms with van der Waals surface area (Å²) in [5, 5.41) is 10.9. The quantitative estimate of drug-likeness (QED) is 0.710. The smallest absolute Gasteiger partial charge is 0.188 e. The van der Waals surface area contributed by atoms with Crippen molar-refractivity contribution in [1.29, 1.82) is 0 Å². The highest BCUT2D eigenvalue weighted by Crippen LogP contribution is 2.25. The van der Waals surface area contributed by atoms with Crippen molar-refractivity contribution in [3.8, 4) is 0 Å². The Bertz CT molecular complexity index is 721. The highest BCUT2D eigenvalue weighted by molar-refractivity contribution is 7.99. The van der Waals surface area contributed by atoms with Gasteiger partial charge in [-0.15, -0.1) is 0 Å². The van der Waals surface area contributed by atoms with Gasteiger partial charge in [0.25, 0.3) is 0 Å². The van der Waals surface area contributed by atoms with Crippen LogP contribution in [0.2, 0.25) is 0 Å². The Labute approximate surface area is 110 Å². The maximum atomic E-state index is 10.3. The zero-order chi connectivity index (χ0) is 12.5. The summed E-state index contributed by atoms with van der Waals surface area (Å²) in [5.74, 6) is -0.652. The van der Waals surface area contributed by atoms with Crippen molar-refractivity contribution in [2.45, 2.75) is 11.6 Å². The number of aliphatic carboxylic acids is 1. The number of thioether (sulfide) groups is 1. The van der Waals surface area contributed by atoms with E-state index < -0.39 is 5.97 Å². The summed E-state index contributed by atoms with van der Waals surface area (Å²) in [7, 11) is 0. The summed E-state index contributed by atoms with van der Waals surface area (Å²) in [6.07, 6.45) is -0.00452. The third-order valence-electron chi connectivity index (χ3n) is 2.38. The van der Waals surface area contributed by atoms with Gasteiger partial charge in [0.15, 0.2) is 5.16 Å². The highest BCUT2D eigenvalue weighted by atomic mass is 32.2. The molecule has 8 heteroatoms. The Balaban J connectivity index is 1.92. The molecule has 0 fully saturated rings. The van der Waals surface area contributed by atoms with E-state index in [-0.39, 0.29) is 6.42 Å². The van der Waals surface area contributed by atoms with Crippen LogP contribution >= 0.6 is 23.5 Å². The predicted molar refractivity (Wildman–Crippen MR) is 67.4 cm³/mol. The number of benzene rings is 1. The van der Waals surface area contributed by atoms with Crippen molar-refractivity contribution in [2.24, 2.45) is 0 Å². The van der Waals surface area contributed by atoms with Crippen molar-refractivity contribution in [2.75, 3.05) is 5.75 Å². The molecule has 0 saturated heterocycles. The number of aromatic nitrogens is 4. The highest BCUT2D eigenvalue weighted by Gasteiger charge is 2.10. The van der Waals surface area contributed by atoms with Crippen LogP contribution in [0.1, 0.15) is 6.42 Å². The molecule has 3 aromatic rings. The molecule has 2 heterocycles. The van der Waals surface area contributed by atoms with Crippen LogP contribution in [-0.4, -0.2) is 30.4 Å². The third-order valence-corrected chi connectivity index (χ3v) is 3.82. The molecule has 0 atom stereocenters. The molecule has 3 rings (SSSR count). The second kappa shape index (κ2) is 4.54. The Morgan fingerprint density at radius 1 is 1.39 bits per heavy atom. The summed E-state index contributed by atoms with van der Waals surface area (Å²) in [4.78, 5) is 19.0. The van der Waals surface area contributed by atoms with Crippen molar-refractivity contribution < 1.29 is 9.90 Å². The van der Waals surface area contributed by atoms with Crippen molar-refractivity contribution in [1.82, 2.24) is 18.7 Å². The molecule has 0 aliphatic rings. The van der Waals surface area contributed by atoms with Crippen LogP contribution in [0, 0.1) is 0 Å². The maximum Gasteiger partial charge on any atom is 0.188 e. The summed E-state index contributed by atoms with van der Waals surface area (Å²) in [5.41, 5.74) is 3.26.